The quantitative estimate of drug-likeness (QED) is 0.284. The van der Waals surface area contributed by atoms with E-state index in [4.69, 9.17) is 0 Å². The van der Waals surface area contributed by atoms with Crippen molar-refractivity contribution in [1.82, 2.24) is 14.8 Å². The molecular weight excluding hydrogens is 420 g/mol. The predicted molar refractivity (Wildman–Crippen MR) is 128 cm³/mol. The summed E-state index contributed by atoms with van der Waals surface area (Å²) in [5, 5.41) is 20.5. The summed E-state index contributed by atoms with van der Waals surface area (Å²) in [6.45, 7) is 2.04. The van der Waals surface area contributed by atoms with Crippen LogP contribution in [0.1, 0.15) is 5.56 Å². The maximum atomic E-state index is 12.4. The molecule has 0 unspecified atom stereocenters. The fourth-order valence-corrected chi connectivity index (χ4v) is 3.76. The fourth-order valence-electron chi connectivity index (χ4n) is 3.05. The molecule has 160 valence electrons. The third-order valence-electron chi connectivity index (χ3n) is 4.74. The number of carbonyl (C=O) groups excluding carboxylic acids is 1. The van der Waals surface area contributed by atoms with Crippen molar-refractivity contribution < 1.29 is 4.79 Å². The first-order valence-corrected chi connectivity index (χ1v) is 11.0. The maximum absolute atomic E-state index is 12.4. The van der Waals surface area contributed by atoms with Crippen molar-refractivity contribution in [1.29, 1.82) is 0 Å². The number of aromatic nitrogens is 3. The van der Waals surface area contributed by atoms with Gasteiger partial charge in [-0.2, -0.15) is 10.2 Å². The van der Waals surface area contributed by atoms with Gasteiger partial charge < -0.3 is 9.88 Å². The Morgan fingerprint density at radius 3 is 2.28 bits per heavy atom. The molecule has 1 aromatic heterocycles. The number of anilines is 1. The predicted octanol–water partition coefficient (Wildman–Crippen LogP) is 5.94. The van der Waals surface area contributed by atoms with Gasteiger partial charge in [0.1, 0.15) is 0 Å². The molecule has 0 saturated carbocycles. The minimum Gasteiger partial charge on any atom is -0.325 e. The SMILES string of the molecule is Cc1ccccc1-c1nnc(SCC(=O)Nc2ccc(N=Nc3ccccc3)cc2)n1C. The molecule has 0 saturated heterocycles. The molecule has 32 heavy (non-hydrogen) atoms. The molecule has 4 aromatic rings. The summed E-state index contributed by atoms with van der Waals surface area (Å²) in [4.78, 5) is 12.4. The third kappa shape index (κ3) is 5.28. The first-order valence-electron chi connectivity index (χ1n) is 10.0. The van der Waals surface area contributed by atoms with Gasteiger partial charge in [-0.15, -0.1) is 10.2 Å². The van der Waals surface area contributed by atoms with E-state index in [1.165, 1.54) is 11.8 Å². The molecule has 0 fully saturated rings. The van der Waals surface area contributed by atoms with Gasteiger partial charge in [0.2, 0.25) is 5.91 Å². The van der Waals surface area contributed by atoms with Crippen molar-refractivity contribution in [2.24, 2.45) is 17.3 Å². The molecule has 1 N–H and O–H groups in total. The van der Waals surface area contributed by atoms with Gasteiger partial charge in [0.15, 0.2) is 11.0 Å². The van der Waals surface area contributed by atoms with Crippen LogP contribution >= 0.6 is 11.8 Å². The number of carbonyl (C=O) groups is 1. The summed E-state index contributed by atoms with van der Waals surface area (Å²) in [7, 11) is 1.91. The third-order valence-corrected chi connectivity index (χ3v) is 5.76. The molecule has 0 radical (unpaired) electrons. The van der Waals surface area contributed by atoms with E-state index in [2.05, 4.69) is 25.7 Å². The summed E-state index contributed by atoms with van der Waals surface area (Å²) in [6.07, 6.45) is 0. The smallest absolute Gasteiger partial charge is 0.234 e. The van der Waals surface area contributed by atoms with Crippen LogP contribution in [0.25, 0.3) is 11.4 Å². The van der Waals surface area contributed by atoms with Gasteiger partial charge in [0.25, 0.3) is 0 Å². The lowest BCUT2D eigenvalue weighted by atomic mass is 10.1. The minimum absolute atomic E-state index is 0.117. The molecule has 0 bridgehead atoms. The zero-order valence-corrected chi connectivity index (χ0v) is 18.6. The monoisotopic (exact) mass is 442 g/mol. The Morgan fingerprint density at radius 1 is 0.906 bits per heavy atom. The van der Waals surface area contributed by atoms with Gasteiger partial charge in [-0.1, -0.05) is 54.2 Å². The average molecular weight is 443 g/mol. The average Bonchev–Trinajstić information content (AvgIpc) is 3.18. The van der Waals surface area contributed by atoms with Crippen LogP contribution in [0.3, 0.4) is 0 Å². The summed E-state index contributed by atoms with van der Waals surface area (Å²) >= 11 is 1.35. The summed E-state index contributed by atoms with van der Waals surface area (Å²) in [5.41, 5.74) is 4.36. The molecule has 0 spiro atoms. The normalized spacial score (nSPS) is 11.1. The molecule has 0 aliphatic carbocycles. The van der Waals surface area contributed by atoms with Crippen LogP contribution in [-0.2, 0) is 11.8 Å². The molecule has 1 heterocycles. The summed E-state index contributed by atoms with van der Waals surface area (Å²) < 4.78 is 1.91. The number of hydrogen-bond donors (Lipinski definition) is 1. The van der Waals surface area contributed by atoms with Crippen molar-refractivity contribution in [3.8, 4) is 11.4 Å². The Morgan fingerprint density at radius 2 is 1.56 bits per heavy atom. The first kappa shape index (κ1) is 21.5. The Labute approximate surface area is 190 Å². The van der Waals surface area contributed by atoms with Crippen molar-refractivity contribution >= 4 is 34.7 Å². The van der Waals surface area contributed by atoms with E-state index in [1.54, 1.807) is 12.1 Å². The van der Waals surface area contributed by atoms with E-state index in [9.17, 15) is 4.79 Å². The molecule has 1 amide bonds. The maximum Gasteiger partial charge on any atom is 0.234 e. The van der Waals surface area contributed by atoms with E-state index >= 15 is 0 Å². The van der Waals surface area contributed by atoms with Crippen molar-refractivity contribution in [2.75, 3.05) is 11.1 Å². The van der Waals surface area contributed by atoms with E-state index in [0.717, 1.165) is 22.6 Å². The fraction of sp³-hybridized carbons (Fsp3) is 0.125. The van der Waals surface area contributed by atoms with Gasteiger partial charge in [0.05, 0.1) is 17.1 Å². The molecule has 4 rings (SSSR count). The standard InChI is InChI=1S/C24H22N6OS/c1-17-8-6-7-11-21(17)23-28-29-24(30(23)2)32-16-22(31)25-18-12-14-20(15-13-18)27-26-19-9-4-3-5-10-19/h3-15H,16H2,1-2H3,(H,25,31). The number of rotatable bonds is 7. The topological polar surface area (TPSA) is 84.5 Å². The number of hydrogen-bond acceptors (Lipinski definition) is 6. The number of nitrogens with zero attached hydrogens (tertiary/aromatic N) is 5. The van der Waals surface area contributed by atoms with E-state index in [0.29, 0.717) is 16.5 Å². The van der Waals surface area contributed by atoms with Gasteiger partial charge in [0, 0.05) is 18.3 Å². The van der Waals surface area contributed by atoms with Crippen molar-refractivity contribution in [3.05, 3.63) is 84.4 Å². The minimum atomic E-state index is -0.117. The largest absolute Gasteiger partial charge is 0.325 e. The number of benzene rings is 3. The summed E-state index contributed by atoms with van der Waals surface area (Å²) in [6, 6.07) is 24.8. The molecule has 0 atom stereocenters. The van der Waals surface area contributed by atoms with Crippen LogP contribution < -0.4 is 5.32 Å². The molecule has 0 aliphatic rings. The highest BCUT2D eigenvalue weighted by Gasteiger charge is 2.14. The summed E-state index contributed by atoms with van der Waals surface area (Å²) in [5.74, 6) is 0.898. The Balaban J connectivity index is 1.33. The number of thioether (sulfide) groups is 1. The van der Waals surface area contributed by atoms with E-state index in [1.807, 2.05) is 85.3 Å². The van der Waals surface area contributed by atoms with Gasteiger partial charge in [-0.25, -0.2) is 0 Å². The number of amides is 1. The second kappa shape index (κ2) is 10.0. The zero-order chi connectivity index (χ0) is 22.3. The van der Waals surface area contributed by atoms with Crippen LogP contribution in [0.15, 0.2) is 94.2 Å². The lowest BCUT2D eigenvalue weighted by molar-refractivity contribution is -0.113. The number of nitrogens with one attached hydrogen (secondary N) is 1. The lowest BCUT2D eigenvalue weighted by Crippen LogP contribution is -2.14. The second-order valence-electron chi connectivity index (χ2n) is 7.10. The molecule has 8 heteroatoms. The Hall–Kier alpha value is -3.78. The Kier molecular flexibility index (Phi) is 6.72. The molecule has 3 aromatic carbocycles. The number of azo groups is 1. The van der Waals surface area contributed by atoms with E-state index < -0.39 is 0 Å². The van der Waals surface area contributed by atoms with Crippen LogP contribution in [0.4, 0.5) is 17.1 Å². The second-order valence-corrected chi connectivity index (χ2v) is 8.04. The van der Waals surface area contributed by atoms with Crippen molar-refractivity contribution in [2.45, 2.75) is 12.1 Å². The highest BCUT2D eigenvalue weighted by atomic mass is 32.2. The van der Waals surface area contributed by atoms with Crippen LogP contribution in [-0.4, -0.2) is 26.4 Å². The van der Waals surface area contributed by atoms with E-state index in [-0.39, 0.29) is 11.7 Å². The molecule has 0 aliphatic heterocycles. The molecule has 7 nitrogen and oxygen atoms in total. The van der Waals surface area contributed by atoms with Crippen LogP contribution in [0.2, 0.25) is 0 Å². The van der Waals surface area contributed by atoms with Gasteiger partial charge >= 0.3 is 0 Å². The zero-order valence-electron chi connectivity index (χ0n) is 17.8. The number of aryl methyl sites for hydroxylation is 1. The Bertz CT molecular complexity index is 1240. The van der Waals surface area contributed by atoms with Crippen LogP contribution in [0.5, 0.6) is 0 Å². The first-order chi connectivity index (χ1) is 15.6. The highest BCUT2D eigenvalue weighted by molar-refractivity contribution is 7.99. The lowest BCUT2D eigenvalue weighted by Gasteiger charge is -2.07. The van der Waals surface area contributed by atoms with Crippen molar-refractivity contribution in [3.63, 3.8) is 0 Å². The van der Waals surface area contributed by atoms with Crippen LogP contribution in [0, 0.1) is 6.92 Å². The highest BCUT2D eigenvalue weighted by Crippen LogP contribution is 2.25. The van der Waals surface area contributed by atoms with Gasteiger partial charge in [-0.05, 0) is 48.9 Å². The molecular formula is C24H22N6OS. The van der Waals surface area contributed by atoms with Gasteiger partial charge in [-0.3, -0.25) is 4.79 Å².